The van der Waals surface area contributed by atoms with Gasteiger partial charge in [-0.25, -0.2) is 0 Å². The summed E-state index contributed by atoms with van der Waals surface area (Å²) in [4.78, 5) is 32.1. The molecule has 1 unspecified atom stereocenters. The molecule has 0 saturated carbocycles. The van der Waals surface area contributed by atoms with E-state index in [2.05, 4.69) is 5.32 Å². The molecule has 2 N–H and O–H groups in total. The molecule has 0 aliphatic carbocycles. The fourth-order valence-corrected chi connectivity index (χ4v) is 1.38. The molecule has 0 aliphatic heterocycles. The van der Waals surface area contributed by atoms with Crippen molar-refractivity contribution in [3.8, 4) is 0 Å². The third-order valence-corrected chi connectivity index (χ3v) is 2.29. The van der Waals surface area contributed by atoms with E-state index >= 15 is 0 Å². The Hall–Kier alpha value is -2.15. The van der Waals surface area contributed by atoms with Crippen LogP contribution < -0.4 is 5.32 Å². The molecule has 0 aromatic heterocycles. The number of nitrogens with one attached hydrogen (secondary N) is 1. The van der Waals surface area contributed by atoms with E-state index in [4.69, 9.17) is 16.7 Å². The maximum atomic E-state index is 11.6. The molecule has 1 aromatic rings. The van der Waals surface area contributed by atoms with E-state index in [1.54, 1.807) is 0 Å². The number of rotatable bonds is 4. The van der Waals surface area contributed by atoms with Crippen molar-refractivity contribution in [1.82, 2.24) is 5.32 Å². The van der Waals surface area contributed by atoms with Crippen molar-refractivity contribution >= 4 is 29.2 Å². The Morgan fingerprint density at radius 3 is 2.56 bits per heavy atom. The number of carbonyl (C=O) groups is 2. The number of nitro benzene ring substituents is 1. The van der Waals surface area contributed by atoms with Crippen LogP contribution in [0.4, 0.5) is 5.69 Å². The summed E-state index contributed by atoms with van der Waals surface area (Å²) < 4.78 is 0. The monoisotopic (exact) mass is 272 g/mol. The van der Waals surface area contributed by atoms with Crippen molar-refractivity contribution in [1.29, 1.82) is 0 Å². The number of amides is 1. The summed E-state index contributed by atoms with van der Waals surface area (Å²) in [6, 6.07) is 2.24. The highest BCUT2D eigenvalue weighted by Gasteiger charge is 2.18. The second-order valence-corrected chi connectivity index (χ2v) is 3.93. The minimum absolute atomic E-state index is 0.0253. The number of nitrogens with zero attached hydrogens (tertiary/aromatic N) is 1. The van der Waals surface area contributed by atoms with Gasteiger partial charge in [-0.1, -0.05) is 11.6 Å². The lowest BCUT2D eigenvalue weighted by Crippen LogP contribution is -2.38. The smallest absolute Gasteiger partial charge is 0.325 e. The fourth-order valence-electron chi connectivity index (χ4n) is 1.15. The van der Waals surface area contributed by atoms with Gasteiger partial charge in [0.2, 0.25) is 0 Å². The summed E-state index contributed by atoms with van der Waals surface area (Å²) >= 11 is 5.64. The minimum atomic E-state index is -1.21. The van der Waals surface area contributed by atoms with Gasteiger partial charge in [-0.05, 0) is 13.0 Å². The van der Waals surface area contributed by atoms with Gasteiger partial charge in [0, 0.05) is 22.7 Å². The van der Waals surface area contributed by atoms with Crippen molar-refractivity contribution in [2.24, 2.45) is 0 Å². The van der Waals surface area contributed by atoms with Gasteiger partial charge in [-0.3, -0.25) is 19.7 Å². The molecule has 0 heterocycles. The first-order valence-corrected chi connectivity index (χ1v) is 5.17. The standard InChI is InChI=1S/C10H9ClN2O5/c1-5(10(15)16)12-9(14)6-2-7(11)4-8(3-6)13(17)18/h2-5H,1H3,(H,12,14)(H,15,16). The van der Waals surface area contributed by atoms with Crippen LogP contribution in [0.3, 0.4) is 0 Å². The minimum Gasteiger partial charge on any atom is -0.480 e. The number of halogens is 1. The van der Waals surface area contributed by atoms with E-state index in [1.807, 2.05) is 0 Å². The summed E-state index contributed by atoms with van der Waals surface area (Å²) in [6.07, 6.45) is 0. The van der Waals surface area contributed by atoms with Crippen LogP contribution in [0, 0.1) is 10.1 Å². The van der Waals surface area contributed by atoms with E-state index in [0.717, 1.165) is 12.1 Å². The predicted molar refractivity (Wildman–Crippen MR) is 62.7 cm³/mol. The summed E-state index contributed by atoms with van der Waals surface area (Å²) in [5.41, 5.74) is -0.405. The highest BCUT2D eigenvalue weighted by atomic mass is 35.5. The Morgan fingerprint density at radius 2 is 2.06 bits per heavy atom. The molecule has 0 fully saturated rings. The van der Waals surface area contributed by atoms with Gasteiger partial charge in [-0.15, -0.1) is 0 Å². The van der Waals surface area contributed by atoms with Crippen molar-refractivity contribution < 1.29 is 19.6 Å². The van der Waals surface area contributed by atoms with Gasteiger partial charge >= 0.3 is 5.97 Å². The number of carboxylic acid groups (broad SMARTS) is 1. The van der Waals surface area contributed by atoms with Crippen molar-refractivity contribution in [2.75, 3.05) is 0 Å². The summed E-state index contributed by atoms with van der Waals surface area (Å²) in [7, 11) is 0. The van der Waals surface area contributed by atoms with Crippen LogP contribution in [0.5, 0.6) is 0 Å². The van der Waals surface area contributed by atoms with Gasteiger partial charge in [0.05, 0.1) is 4.92 Å². The SMILES string of the molecule is CC(NC(=O)c1cc(Cl)cc([N+](=O)[O-])c1)C(=O)O. The number of carbonyl (C=O) groups excluding carboxylic acids is 1. The quantitative estimate of drug-likeness (QED) is 0.637. The Bertz CT molecular complexity index is 517. The molecule has 18 heavy (non-hydrogen) atoms. The molecule has 96 valence electrons. The average molecular weight is 273 g/mol. The zero-order valence-corrected chi connectivity index (χ0v) is 9.97. The van der Waals surface area contributed by atoms with Crippen molar-refractivity contribution in [3.05, 3.63) is 38.9 Å². The summed E-state index contributed by atoms with van der Waals surface area (Å²) in [5.74, 6) is -1.95. The molecule has 1 rings (SSSR count). The van der Waals surface area contributed by atoms with Crippen LogP contribution in [-0.4, -0.2) is 27.9 Å². The summed E-state index contributed by atoms with van der Waals surface area (Å²) in [6.45, 7) is 1.28. The number of hydrogen-bond donors (Lipinski definition) is 2. The molecule has 0 saturated heterocycles. The third-order valence-electron chi connectivity index (χ3n) is 2.07. The van der Waals surface area contributed by atoms with Crippen LogP contribution in [0.15, 0.2) is 18.2 Å². The largest absolute Gasteiger partial charge is 0.480 e. The van der Waals surface area contributed by atoms with E-state index < -0.39 is 22.8 Å². The highest BCUT2D eigenvalue weighted by Crippen LogP contribution is 2.20. The molecule has 0 radical (unpaired) electrons. The molecule has 0 spiro atoms. The first-order chi connectivity index (χ1) is 8.31. The first kappa shape index (κ1) is 13.9. The lowest BCUT2D eigenvalue weighted by molar-refractivity contribution is -0.384. The molecule has 1 atom stereocenters. The van der Waals surface area contributed by atoms with Crippen LogP contribution in [0.2, 0.25) is 5.02 Å². The van der Waals surface area contributed by atoms with Crippen molar-refractivity contribution in [3.63, 3.8) is 0 Å². The van der Waals surface area contributed by atoms with E-state index in [9.17, 15) is 19.7 Å². The first-order valence-electron chi connectivity index (χ1n) is 4.80. The fraction of sp³-hybridized carbons (Fsp3) is 0.200. The third kappa shape index (κ3) is 3.42. The Balaban J connectivity index is 2.99. The molecule has 1 aromatic carbocycles. The van der Waals surface area contributed by atoms with Crippen LogP contribution in [-0.2, 0) is 4.79 Å². The van der Waals surface area contributed by atoms with Gasteiger partial charge in [-0.2, -0.15) is 0 Å². The number of nitro groups is 1. The van der Waals surface area contributed by atoms with E-state index in [-0.39, 0.29) is 16.3 Å². The molecule has 0 bridgehead atoms. The molecule has 7 nitrogen and oxygen atoms in total. The topological polar surface area (TPSA) is 110 Å². The Labute approximate surface area is 107 Å². The number of benzene rings is 1. The van der Waals surface area contributed by atoms with Crippen LogP contribution in [0.25, 0.3) is 0 Å². The maximum Gasteiger partial charge on any atom is 0.325 e. The van der Waals surface area contributed by atoms with Gasteiger partial charge in [0.1, 0.15) is 6.04 Å². The van der Waals surface area contributed by atoms with Gasteiger partial charge in [0.25, 0.3) is 11.6 Å². The lowest BCUT2D eigenvalue weighted by Gasteiger charge is -2.09. The second-order valence-electron chi connectivity index (χ2n) is 3.49. The number of hydrogen-bond acceptors (Lipinski definition) is 4. The zero-order valence-electron chi connectivity index (χ0n) is 9.21. The molecular formula is C10H9ClN2O5. The number of aliphatic carboxylic acids is 1. The van der Waals surface area contributed by atoms with Gasteiger partial charge in [0.15, 0.2) is 0 Å². The number of carboxylic acids is 1. The number of non-ortho nitro benzene ring substituents is 1. The summed E-state index contributed by atoms with van der Waals surface area (Å²) in [5, 5.41) is 21.4. The van der Waals surface area contributed by atoms with E-state index in [1.165, 1.54) is 13.0 Å². The maximum absolute atomic E-state index is 11.6. The molecular weight excluding hydrogens is 264 g/mol. The normalized spacial score (nSPS) is 11.7. The average Bonchev–Trinajstić information content (AvgIpc) is 2.27. The molecule has 0 aliphatic rings. The Kier molecular flexibility index (Phi) is 4.22. The molecule has 8 heteroatoms. The molecule has 1 amide bonds. The van der Waals surface area contributed by atoms with Crippen LogP contribution in [0.1, 0.15) is 17.3 Å². The second kappa shape index (κ2) is 5.46. The van der Waals surface area contributed by atoms with Crippen LogP contribution >= 0.6 is 11.6 Å². The van der Waals surface area contributed by atoms with Crippen molar-refractivity contribution in [2.45, 2.75) is 13.0 Å². The zero-order chi connectivity index (χ0) is 13.9. The Morgan fingerprint density at radius 1 is 1.44 bits per heavy atom. The highest BCUT2D eigenvalue weighted by molar-refractivity contribution is 6.31. The van der Waals surface area contributed by atoms with E-state index in [0.29, 0.717) is 0 Å². The van der Waals surface area contributed by atoms with Gasteiger partial charge < -0.3 is 10.4 Å². The predicted octanol–water partition coefficient (Wildman–Crippen LogP) is 1.45. The lowest BCUT2D eigenvalue weighted by atomic mass is 10.2.